The predicted molar refractivity (Wildman–Crippen MR) is 58.1 cm³/mol. The summed E-state index contributed by atoms with van der Waals surface area (Å²) in [7, 11) is 0. The van der Waals surface area contributed by atoms with Crippen molar-refractivity contribution in [2.24, 2.45) is 5.92 Å². The number of carboxylic acids is 1. The molecular weight excluding hydrogens is 266 g/mol. The Hall–Kier alpha value is -1.63. The third-order valence-electron chi connectivity index (χ3n) is 3.25. The number of aliphatic carboxylic acids is 1. The first-order chi connectivity index (χ1) is 8.80. The smallest absolute Gasteiger partial charge is 0.416 e. The fourth-order valence-electron chi connectivity index (χ4n) is 2.36. The average Bonchev–Trinajstić information content (AvgIpc) is 2.76. The first kappa shape index (κ1) is 13.8. The monoisotopic (exact) mass is 277 g/mol. The summed E-state index contributed by atoms with van der Waals surface area (Å²) in [5, 5.41) is 11.8. The van der Waals surface area contributed by atoms with Crippen molar-refractivity contribution in [2.45, 2.75) is 12.1 Å². The van der Waals surface area contributed by atoms with Gasteiger partial charge >= 0.3 is 12.1 Å². The van der Waals surface area contributed by atoms with Crippen LogP contribution in [0.3, 0.4) is 0 Å². The molecule has 0 saturated carbocycles. The second kappa shape index (κ2) is 4.80. The van der Waals surface area contributed by atoms with E-state index < -0.39 is 35.4 Å². The summed E-state index contributed by atoms with van der Waals surface area (Å²) in [4.78, 5) is 11.0. The van der Waals surface area contributed by atoms with Gasteiger partial charge in [0.15, 0.2) is 0 Å². The van der Waals surface area contributed by atoms with Crippen LogP contribution in [0, 0.1) is 11.7 Å². The number of rotatable bonds is 2. The second-order valence-corrected chi connectivity index (χ2v) is 4.44. The molecule has 2 rings (SSSR count). The van der Waals surface area contributed by atoms with Gasteiger partial charge in [-0.1, -0.05) is 6.07 Å². The van der Waals surface area contributed by atoms with Crippen LogP contribution >= 0.6 is 0 Å². The van der Waals surface area contributed by atoms with Gasteiger partial charge in [0.1, 0.15) is 5.82 Å². The van der Waals surface area contributed by atoms with E-state index in [4.69, 9.17) is 5.11 Å². The van der Waals surface area contributed by atoms with Crippen molar-refractivity contribution in [2.75, 3.05) is 13.1 Å². The van der Waals surface area contributed by atoms with Crippen LogP contribution in [0.4, 0.5) is 17.6 Å². The molecule has 0 aliphatic carbocycles. The Morgan fingerprint density at radius 3 is 2.58 bits per heavy atom. The standard InChI is InChI=1S/C12H11F4NO2/c13-6-1-2-7(10(3-6)12(14,15)16)8-4-17-5-9(8)11(18)19/h1-3,8-9,17H,4-5H2,(H,18,19). The zero-order valence-corrected chi connectivity index (χ0v) is 9.67. The number of carboxylic acid groups (broad SMARTS) is 1. The quantitative estimate of drug-likeness (QED) is 0.815. The normalized spacial score (nSPS) is 23.6. The summed E-state index contributed by atoms with van der Waals surface area (Å²) < 4.78 is 51.6. The van der Waals surface area contributed by atoms with Gasteiger partial charge < -0.3 is 10.4 Å². The van der Waals surface area contributed by atoms with E-state index in [0.717, 1.165) is 12.1 Å². The van der Waals surface area contributed by atoms with Crippen LogP contribution in [-0.4, -0.2) is 24.2 Å². The summed E-state index contributed by atoms with van der Waals surface area (Å²) in [5.41, 5.74) is -1.28. The molecule has 1 heterocycles. The number of halogens is 4. The molecule has 0 spiro atoms. The maximum atomic E-state index is 13.0. The number of hydrogen-bond acceptors (Lipinski definition) is 2. The molecule has 1 aromatic rings. The van der Waals surface area contributed by atoms with Crippen LogP contribution in [-0.2, 0) is 11.0 Å². The van der Waals surface area contributed by atoms with Crippen molar-refractivity contribution in [1.82, 2.24) is 5.32 Å². The highest BCUT2D eigenvalue weighted by molar-refractivity contribution is 5.72. The van der Waals surface area contributed by atoms with Crippen molar-refractivity contribution < 1.29 is 27.5 Å². The van der Waals surface area contributed by atoms with Crippen LogP contribution in [0.25, 0.3) is 0 Å². The zero-order chi connectivity index (χ0) is 14.2. The topological polar surface area (TPSA) is 49.3 Å². The number of nitrogens with one attached hydrogen (secondary N) is 1. The Balaban J connectivity index is 2.47. The molecule has 0 bridgehead atoms. The minimum Gasteiger partial charge on any atom is -0.481 e. The molecule has 2 N–H and O–H groups in total. The van der Waals surface area contributed by atoms with Gasteiger partial charge in [-0.3, -0.25) is 4.79 Å². The van der Waals surface area contributed by atoms with Gasteiger partial charge in [-0.15, -0.1) is 0 Å². The van der Waals surface area contributed by atoms with Crippen LogP contribution in [0.5, 0.6) is 0 Å². The fraction of sp³-hybridized carbons (Fsp3) is 0.417. The van der Waals surface area contributed by atoms with E-state index in [-0.39, 0.29) is 18.7 Å². The van der Waals surface area contributed by atoms with Gasteiger partial charge in [-0.25, -0.2) is 4.39 Å². The first-order valence-corrected chi connectivity index (χ1v) is 5.61. The van der Waals surface area contributed by atoms with E-state index in [0.29, 0.717) is 6.07 Å². The van der Waals surface area contributed by atoms with Crippen LogP contribution in [0.2, 0.25) is 0 Å². The number of carbonyl (C=O) groups is 1. The largest absolute Gasteiger partial charge is 0.481 e. The minimum atomic E-state index is -4.71. The van der Waals surface area contributed by atoms with E-state index in [1.807, 2.05) is 0 Å². The van der Waals surface area contributed by atoms with Crippen molar-refractivity contribution >= 4 is 5.97 Å². The molecule has 0 amide bonds. The third-order valence-corrected chi connectivity index (χ3v) is 3.25. The van der Waals surface area contributed by atoms with Gasteiger partial charge in [0.25, 0.3) is 0 Å². The molecule has 0 radical (unpaired) electrons. The van der Waals surface area contributed by atoms with Crippen LogP contribution in [0.1, 0.15) is 17.0 Å². The Kier molecular flexibility index (Phi) is 3.49. The molecule has 2 atom stereocenters. The summed E-state index contributed by atoms with van der Waals surface area (Å²) in [6.45, 7) is 0.236. The van der Waals surface area contributed by atoms with Crippen molar-refractivity contribution in [3.05, 3.63) is 35.1 Å². The van der Waals surface area contributed by atoms with Crippen molar-refractivity contribution in [1.29, 1.82) is 0 Å². The third kappa shape index (κ3) is 2.70. The lowest BCUT2D eigenvalue weighted by atomic mass is 9.86. The van der Waals surface area contributed by atoms with E-state index in [2.05, 4.69) is 5.32 Å². The molecule has 1 saturated heterocycles. The lowest BCUT2D eigenvalue weighted by Crippen LogP contribution is -2.23. The van der Waals surface area contributed by atoms with Gasteiger partial charge in [0.05, 0.1) is 11.5 Å². The van der Waals surface area contributed by atoms with Crippen LogP contribution < -0.4 is 5.32 Å². The Morgan fingerprint density at radius 2 is 2.00 bits per heavy atom. The maximum absolute atomic E-state index is 13.0. The molecule has 0 aromatic heterocycles. The van der Waals surface area contributed by atoms with Gasteiger partial charge in [0, 0.05) is 19.0 Å². The molecule has 1 aliphatic rings. The Morgan fingerprint density at radius 1 is 1.32 bits per heavy atom. The van der Waals surface area contributed by atoms with E-state index >= 15 is 0 Å². The zero-order valence-electron chi connectivity index (χ0n) is 9.67. The average molecular weight is 277 g/mol. The highest BCUT2D eigenvalue weighted by Gasteiger charge is 2.41. The molecule has 1 aromatic carbocycles. The van der Waals surface area contributed by atoms with Crippen LogP contribution in [0.15, 0.2) is 18.2 Å². The minimum absolute atomic E-state index is 0.106. The van der Waals surface area contributed by atoms with Crippen molar-refractivity contribution in [3.8, 4) is 0 Å². The maximum Gasteiger partial charge on any atom is 0.416 e. The van der Waals surface area contributed by atoms with E-state index in [1.165, 1.54) is 0 Å². The first-order valence-electron chi connectivity index (χ1n) is 5.61. The number of alkyl halides is 3. The lowest BCUT2D eigenvalue weighted by molar-refractivity contribution is -0.143. The molecule has 2 unspecified atom stereocenters. The molecule has 3 nitrogen and oxygen atoms in total. The van der Waals surface area contributed by atoms with E-state index in [1.54, 1.807) is 0 Å². The molecule has 19 heavy (non-hydrogen) atoms. The molecule has 7 heteroatoms. The molecular formula is C12H11F4NO2. The van der Waals surface area contributed by atoms with Gasteiger partial charge in [-0.2, -0.15) is 13.2 Å². The summed E-state index contributed by atoms with van der Waals surface area (Å²) >= 11 is 0. The van der Waals surface area contributed by atoms with Gasteiger partial charge in [0.2, 0.25) is 0 Å². The number of benzene rings is 1. The SMILES string of the molecule is O=C(O)C1CNCC1c1ccc(F)cc1C(F)(F)F. The summed E-state index contributed by atoms with van der Waals surface area (Å²) in [6, 6.07) is 2.35. The lowest BCUT2D eigenvalue weighted by Gasteiger charge is -2.20. The molecule has 104 valence electrons. The predicted octanol–water partition coefficient (Wildman–Crippen LogP) is 2.23. The second-order valence-electron chi connectivity index (χ2n) is 4.44. The van der Waals surface area contributed by atoms with Gasteiger partial charge in [-0.05, 0) is 17.7 Å². The Bertz CT molecular complexity index is 501. The highest BCUT2D eigenvalue weighted by Crippen LogP contribution is 2.39. The van der Waals surface area contributed by atoms with Crippen molar-refractivity contribution in [3.63, 3.8) is 0 Å². The fourth-order valence-corrected chi connectivity index (χ4v) is 2.36. The summed E-state index contributed by atoms with van der Waals surface area (Å²) in [5.74, 6) is -3.90. The summed E-state index contributed by atoms with van der Waals surface area (Å²) in [6.07, 6.45) is -4.71. The number of hydrogen-bond donors (Lipinski definition) is 2. The highest BCUT2D eigenvalue weighted by atomic mass is 19.4. The Labute approximate surface area is 106 Å². The van der Waals surface area contributed by atoms with E-state index in [9.17, 15) is 22.4 Å². The molecule has 1 aliphatic heterocycles. The molecule has 1 fully saturated rings.